The Hall–Kier alpha value is -0.630. The van der Waals surface area contributed by atoms with Crippen molar-refractivity contribution in [3.63, 3.8) is 0 Å². The van der Waals surface area contributed by atoms with E-state index in [0.29, 0.717) is 12.1 Å². The number of nitriles is 1. The first kappa shape index (κ1) is 16.7. The van der Waals surface area contributed by atoms with Crippen molar-refractivity contribution in [3.8, 4) is 6.07 Å². The minimum atomic E-state index is -0.297. The van der Waals surface area contributed by atoms with Crippen LogP contribution in [0.25, 0.3) is 0 Å². The maximum absolute atomic E-state index is 9.60. The van der Waals surface area contributed by atoms with Crippen LogP contribution in [0.2, 0.25) is 0 Å². The fourth-order valence-corrected chi connectivity index (χ4v) is 3.92. The quantitative estimate of drug-likeness (QED) is 0.818. The van der Waals surface area contributed by atoms with E-state index < -0.39 is 0 Å². The molecule has 2 rings (SSSR count). The van der Waals surface area contributed by atoms with E-state index in [1.807, 2.05) is 0 Å². The first-order valence-electron chi connectivity index (χ1n) is 8.75. The highest BCUT2D eigenvalue weighted by Crippen LogP contribution is 2.32. The Kier molecular flexibility index (Phi) is 6.47. The van der Waals surface area contributed by atoms with Crippen LogP contribution in [0.3, 0.4) is 0 Å². The molecular formula is C17H31N3O. The van der Waals surface area contributed by atoms with E-state index in [2.05, 4.69) is 30.1 Å². The average molecular weight is 293 g/mol. The van der Waals surface area contributed by atoms with Gasteiger partial charge in [-0.1, -0.05) is 13.8 Å². The molecule has 0 radical (unpaired) electrons. The number of nitrogens with one attached hydrogen (secondary N) is 1. The highest BCUT2D eigenvalue weighted by atomic mass is 16.5. The van der Waals surface area contributed by atoms with Gasteiger partial charge < -0.3 is 4.74 Å². The van der Waals surface area contributed by atoms with Gasteiger partial charge in [0.1, 0.15) is 5.54 Å². The van der Waals surface area contributed by atoms with E-state index in [9.17, 15) is 5.26 Å². The van der Waals surface area contributed by atoms with Gasteiger partial charge in [0.2, 0.25) is 0 Å². The minimum Gasteiger partial charge on any atom is -0.377 e. The Balaban J connectivity index is 1.92. The van der Waals surface area contributed by atoms with Crippen LogP contribution in [-0.2, 0) is 4.74 Å². The van der Waals surface area contributed by atoms with Gasteiger partial charge in [0.25, 0.3) is 0 Å². The lowest BCUT2D eigenvalue weighted by molar-refractivity contribution is -0.0213. The van der Waals surface area contributed by atoms with Gasteiger partial charge in [0.15, 0.2) is 0 Å². The maximum atomic E-state index is 9.60. The summed E-state index contributed by atoms with van der Waals surface area (Å²) in [6, 6.07) is 3.11. The molecule has 0 aromatic heterocycles. The molecule has 1 heterocycles. The van der Waals surface area contributed by atoms with Gasteiger partial charge in [-0.2, -0.15) is 5.26 Å². The first-order chi connectivity index (χ1) is 10.2. The van der Waals surface area contributed by atoms with Gasteiger partial charge in [0, 0.05) is 19.2 Å². The number of ether oxygens (including phenoxy) is 1. The Morgan fingerprint density at radius 2 is 2.19 bits per heavy atom. The SMILES string of the molecule is CCCOC1CCCN(C2CCCC(C#N)(NCC)C2)C1. The zero-order valence-corrected chi connectivity index (χ0v) is 13.7. The lowest BCUT2D eigenvalue weighted by Gasteiger charge is -2.44. The van der Waals surface area contributed by atoms with Crippen LogP contribution >= 0.6 is 0 Å². The molecule has 4 nitrogen and oxygen atoms in total. The van der Waals surface area contributed by atoms with Crippen molar-refractivity contribution < 1.29 is 4.74 Å². The second kappa shape index (κ2) is 8.12. The molecule has 1 saturated heterocycles. The van der Waals surface area contributed by atoms with Crippen LogP contribution < -0.4 is 5.32 Å². The topological polar surface area (TPSA) is 48.3 Å². The average Bonchev–Trinajstić information content (AvgIpc) is 2.54. The van der Waals surface area contributed by atoms with Crippen LogP contribution in [-0.4, -0.2) is 48.8 Å². The molecule has 1 aliphatic heterocycles. The molecule has 0 amide bonds. The Bertz CT molecular complexity index is 350. The molecule has 2 fully saturated rings. The molecule has 0 aromatic rings. The monoisotopic (exact) mass is 293 g/mol. The molecule has 3 unspecified atom stereocenters. The largest absolute Gasteiger partial charge is 0.377 e. The molecule has 3 atom stereocenters. The number of hydrogen-bond acceptors (Lipinski definition) is 4. The highest BCUT2D eigenvalue weighted by molar-refractivity contribution is 5.11. The standard InChI is InChI=1S/C17H31N3O/c1-3-11-21-16-8-6-10-20(13-16)15-7-5-9-17(12-15,14-18)19-4-2/h15-16,19H,3-13H2,1-2H3. The van der Waals surface area contributed by atoms with Gasteiger partial charge in [-0.15, -0.1) is 0 Å². The summed E-state index contributed by atoms with van der Waals surface area (Å²) in [5, 5.41) is 13.0. The normalized spacial score (nSPS) is 34.5. The molecule has 0 aromatic carbocycles. The number of likely N-dealkylation sites (tertiary alicyclic amines) is 1. The van der Waals surface area contributed by atoms with Crippen molar-refractivity contribution in [2.75, 3.05) is 26.2 Å². The van der Waals surface area contributed by atoms with Gasteiger partial charge in [-0.25, -0.2) is 0 Å². The Labute approximate surface area is 129 Å². The van der Waals surface area contributed by atoms with Crippen molar-refractivity contribution >= 4 is 0 Å². The van der Waals surface area contributed by atoms with Crippen molar-refractivity contribution in [1.29, 1.82) is 5.26 Å². The van der Waals surface area contributed by atoms with Gasteiger partial charge in [0.05, 0.1) is 12.2 Å². The minimum absolute atomic E-state index is 0.297. The van der Waals surface area contributed by atoms with Crippen LogP contribution in [0.5, 0.6) is 0 Å². The first-order valence-corrected chi connectivity index (χ1v) is 8.75. The van der Waals surface area contributed by atoms with Crippen molar-refractivity contribution in [2.24, 2.45) is 0 Å². The molecule has 1 N–H and O–H groups in total. The van der Waals surface area contributed by atoms with Crippen LogP contribution in [0, 0.1) is 11.3 Å². The summed E-state index contributed by atoms with van der Waals surface area (Å²) in [7, 11) is 0. The lowest BCUT2D eigenvalue weighted by Crippen LogP contribution is -2.55. The van der Waals surface area contributed by atoms with E-state index in [1.165, 1.54) is 25.8 Å². The number of nitrogens with zero attached hydrogens (tertiary/aromatic N) is 2. The summed E-state index contributed by atoms with van der Waals surface area (Å²) < 4.78 is 5.96. The van der Waals surface area contributed by atoms with Crippen molar-refractivity contribution in [2.45, 2.75) is 76.5 Å². The van der Waals surface area contributed by atoms with Crippen LogP contribution in [0.15, 0.2) is 0 Å². The van der Waals surface area contributed by atoms with E-state index in [4.69, 9.17) is 4.74 Å². The summed E-state index contributed by atoms with van der Waals surface area (Å²) in [6.45, 7) is 8.24. The Morgan fingerprint density at radius 3 is 2.90 bits per heavy atom. The fourth-order valence-electron chi connectivity index (χ4n) is 3.92. The summed E-state index contributed by atoms with van der Waals surface area (Å²) in [4.78, 5) is 2.59. The third-order valence-electron chi connectivity index (χ3n) is 4.94. The molecule has 21 heavy (non-hydrogen) atoms. The molecule has 120 valence electrons. The van der Waals surface area contributed by atoms with Crippen LogP contribution in [0.1, 0.15) is 58.8 Å². The molecule has 4 heteroatoms. The van der Waals surface area contributed by atoms with Gasteiger partial charge in [-0.05, 0) is 58.0 Å². The van der Waals surface area contributed by atoms with E-state index in [1.54, 1.807) is 0 Å². The summed E-state index contributed by atoms with van der Waals surface area (Å²) >= 11 is 0. The number of rotatable bonds is 6. The second-order valence-electron chi connectivity index (χ2n) is 6.60. The van der Waals surface area contributed by atoms with E-state index >= 15 is 0 Å². The molecular weight excluding hydrogens is 262 g/mol. The number of hydrogen-bond donors (Lipinski definition) is 1. The maximum Gasteiger partial charge on any atom is 0.108 e. The van der Waals surface area contributed by atoms with Gasteiger partial charge >= 0.3 is 0 Å². The van der Waals surface area contributed by atoms with Crippen molar-refractivity contribution in [1.82, 2.24) is 10.2 Å². The third-order valence-corrected chi connectivity index (χ3v) is 4.94. The highest BCUT2D eigenvalue weighted by Gasteiger charge is 2.39. The zero-order valence-electron chi connectivity index (χ0n) is 13.7. The van der Waals surface area contributed by atoms with E-state index in [-0.39, 0.29) is 5.54 Å². The summed E-state index contributed by atoms with van der Waals surface area (Å²) in [6.07, 6.45) is 8.27. The molecule has 2 aliphatic rings. The third kappa shape index (κ3) is 4.42. The van der Waals surface area contributed by atoms with E-state index in [0.717, 1.165) is 45.4 Å². The number of piperidine rings is 1. The second-order valence-corrected chi connectivity index (χ2v) is 6.60. The molecule has 0 spiro atoms. The van der Waals surface area contributed by atoms with Crippen LogP contribution in [0.4, 0.5) is 0 Å². The van der Waals surface area contributed by atoms with Crippen molar-refractivity contribution in [3.05, 3.63) is 0 Å². The van der Waals surface area contributed by atoms with Gasteiger partial charge in [-0.3, -0.25) is 10.2 Å². The molecule has 1 saturated carbocycles. The molecule has 0 bridgehead atoms. The fraction of sp³-hybridized carbons (Fsp3) is 0.941. The lowest BCUT2D eigenvalue weighted by atomic mass is 9.79. The predicted molar refractivity (Wildman–Crippen MR) is 85.1 cm³/mol. The summed E-state index contributed by atoms with van der Waals surface area (Å²) in [5.74, 6) is 0. The predicted octanol–water partition coefficient (Wildman–Crippen LogP) is 2.69. The Morgan fingerprint density at radius 1 is 1.33 bits per heavy atom. The summed E-state index contributed by atoms with van der Waals surface area (Å²) in [5.41, 5.74) is -0.297. The smallest absolute Gasteiger partial charge is 0.108 e. The molecule has 1 aliphatic carbocycles. The zero-order chi connectivity index (χ0) is 15.1.